The summed E-state index contributed by atoms with van der Waals surface area (Å²) in [4.78, 5) is 11.5. The van der Waals surface area contributed by atoms with Crippen LogP contribution in [0.2, 0.25) is 0 Å². The molecule has 0 N–H and O–H groups in total. The summed E-state index contributed by atoms with van der Waals surface area (Å²) in [6.45, 7) is 0. The Kier molecular flexibility index (Phi) is 6.45. The zero-order valence-corrected chi connectivity index (χ0v) is 10.3. The third kappa shape index (κ3) is 3.70. The van der Waals surface area contributed by atoms with Crippen molar-refractivity contribution in [3.05, 3.63) is 29.8 Å². The Bertz CT molecular complexity index is 290. The van der Waals surface area contributed by atoms with Crippen LogP contribution >= 0.6 is 12.0 Å². The number of hydrogen-bond donors (Lipinski definition) is 0. The van der Waals surface area contributed by atoms with E-state index in [4.69, 9.17) is 0 Å². The van der Waals surface area contributed by atoms with Gasteiger partial charge in [-0.05, 0) is 23.1 Å². The molecule has 0 aromatic heterocycles. The molecule has 0 spiro atoms. The Morgan fingerprint density at radius 3 is 2.77 bits per heavy atom. The van der Waals surface area contributed by atoms with Crippen LogP contribution in [0.1, 0.15) is 10.4 Å². The molecule has 1 rings (SSSR count). The smallest absolute Gasteiger partial charge is 0.795 e. The van der Waals surface area contributed by atoms with Crippen molar-refractivity contribution in [2.45, 2.75) is 4.90 Å². The fourth-order valence-electron chi connectivity index (χ4n) is 0.793. The van der Waals surface area contributed by atoms with Crippen LogP contribution < -0.4 is 29.6 Å². The van der Waals surface area contributed by atoms with Crippen molar-refractivity contribution in [1.29, 1.82) is 0 Å². The summed E-state index contributed by atoms with van der Waals surface area (Å²) >= 11 is 0.353. The molecule has 5 heteroatoms. The van der Waals surface area contributed by atoms with Crippen molar-refractivity contribution in [2.75, 3.05) is 7.11 Å². The maximum atomic E-state index is 10.9. The average molecular weight is 206 g/mol. The van der Waals surface area contributed by atoms with Gasteiger partial charge in [-0.15, -0.1) is 0 Å². The molecule has 3 nitrogen and oxygen atoms in total. The van der Waals surface area contributed by atoms with Crippen molar-refractivity contribution in [3.63, 3.8) is 0 Å². The van der Waals surface area contributed by atoms with Gasteiger partial charge in [0.15, 0.2) is 0 Å². The van der Waals surface area contributed by atoms with E-state index in [1.54, 1.807) is 18.2 Å². The molecule has 0 aliphatic heterocycles. The number of ether oxygens (including phenoxy) is 1. The molecule has 13 heavy (non-hydrogen) atoms. The predicted octanol–water partition coefficient (Wildman–Crippen LogP) is -1.30. The Morgan fingerprint density at radius 2 is 2.23 bits per heavy atom. The van der Waals surface area contributed by atoms with Crippen LogP contribution in [0.3, 0.4) is 0 Å². The second-order valence-electron chi connectivity index (χ2n) is 2.10. The van der Waals surface area contributed by atoms with Crippen LogP contribution in [0, 0.1) is 0 Å². The summed E-state index contributed by atoms with van der Waals surface area (Å²) in [6.07, 6.45) is 0. The van der Waals surface area contributed by atoms with Gasteiger partial charge in [-0.25, -0.2) is 16.8 Å². The van der Waals surface area contributed by atoms with Crippen molar-refractivity contribution in [3.8, 4) is 0 Å². The number of esters is 1. The van der Waals surface area contributed by atoms with Gasteiger partial charge < -0.3 is 9.29 Å². The monoisotopic (exact) mass is 206 g/mol. The predicted molar refractivity (Wildman–Crippen MR) is 44.4 cm³/mol. The molecule has 0 saturated heterocycles. The minimum absolute atomic E-state index is 0. The molecule has 1 aromatic carbocycles. The molecule has 0 radical (unpaired) electrons. The van der Waals surface area contributed by atoms with E-state index in [2.05, 4.69) is 4.74 Å². The molecule has 0 aliphatic rings. The number of carbonyl (C=O) groups is 1. The van der Waals surface area contributed by atoms with Gasteiger partial charge in [0.25, 0.3) is 0 Å². The van der Waals surface area contributed by atoms with Gasteiger partial charge in [0.05, 0.1) is 12.7 Å². The van der Waals surface area contributed by atoms with Gasteiger partial charge in [-0.2, -0.15) is 0 Å². The van der Waals surface area contributed by atoms with E-state index in [0.29, 0.717) is 22.5 Å². The second-order valence-corrected chi connectivity index (χ2v) is 2.74. The third-order valence-electron chi connectivity index (χ3n) is 1.35. The molecule has 0 heterocycles. The van der Waals surface area contributed by atoms with Crippen molar-refractivity contribution in [2.24, 2.45) is 0 Å². The second kappa shape index (κ2) is 6.45. The molecular weight excluding hydrogens is 199 g/mol. The molecule has 1 aromatic rings. The molecule has 0 aliphatic carbocycles. The Hall–Kier alpha value is -0.000000000000000222. The Labute approximate surface area is 103 Å². The van der Waals surface area contributed by atoms with E-state index in [1.807, 2.05) is 0 Å². The molecule has 0 fully saturated rings. The van der Waals surface area contributed by atoms with Gasteiger partial charge in [0.1, 0.15) is 0 Å². The van der Waals surface area contributed by atoms with Crippen LogP contribution in [0.25, 0.3) is 0 Å². The minimum Gasteiger partial charge on any atom is -0.795 e. The van der Waals surface area contributed by atoms with Crippen molar-refractivity contribution >= 4 is 18.0 Å². The van der Waals surface area contributed by atoms with Gasteiger partial charge in [0, 0.05) is 0 Å². The topological polar surface area (TPSA) is 49.4 Å². The maximum absolute atomic E-state index is 10.9. The zero-order valence-electron chi connectivity index (χ0n) is 7.44. The van der Waals surface area contributed by atoms with E-state index in [9.17, 15) is 9.35 Å². The van der Waals surface area contributed by atoms with Gasteiger partial charge in [-0.1, -0.05) is 6.07 Å². The first-order chi connectivity index (χ1) is 5.77. The van der Waals surface area contributed by atoms with E-state index >= 15 is 0 Å². The number of benzene rings is 1. The average Bonchev–Trinajstić information content (AvgIpc) is 2.17. The summed E-state index contributed by atoms with van der Waals surface area (Å²) in [6, 6.07) is 6.39. The maximum Gasteiger partial charge on any atom is 1.00 e. The van der Waals surface area contributed by atoms with Crippen LogP contribution in [0.5, 0.6) is 0 Å². The Balaban J connectivity index is 0.00000144. The fourth-order valence-corrected chi connectivity index (χ4v) is 1.10. The molecule has 0 amide bonds. The van der Waals surface area contributed by atoms with Crippen LogP contribution in [0.4, 0.5) is 0 Å². The molecule has 0 saturated carbocycles. The molecule has 0 bridgehead atoms. The zero-order chi connectivity index (χ0) is 8.97. The molecule has 64 valence electrons. The van der Waals surface area contributed by atoms with E-state index in [1.165, 1.54) is 13.2 Å². The van der Waals surface area contributed by atoms with Gasteiger partial charge >= 0.3 is 35.5 Å². The number of rotatable bonds is 2. The van der Waals surface area contributed by atoms with E-state index in [0.717, 1.165) is 0 Å². The van der Waals surface area contributed by atoms with E-state index in [-0.39, 0.29) is 29.6 Å². The van der Waals surface area contributed by atoms with Crippen LogP contribution in [-0.2, 0) is 4.74 Å². The summed E-state index contributed by atoms with van der Waals surface area (Å²) in [5.74, 6) is -0.425. The largest absolute Gasteiger partial charge is 1.00 e. The summed E-state index contributed by atoms with van der Waals surface area (Å²) in [5.41, 5.74) is 0.401. The van der Waals surface area contributed by atoms with Crippen molar-refractivity contribution in [1.82, 2.24) is 0 Å². The summed E-state index contributed by atoms with van der Waals surface area (Å²) < 4.78 is 14.8. The molecule has 0 atom stereocenters. The van der Waals surface area contributed by atoms with Crippen LogP contribution in [-0.4, -0.2) is 17.6 Å². The molecule has 0 unspecified atom stereocenters. The first-order valence-corrected chi connectivity index (χ1v) is 4.00. The van der Waals surface area contributed by atoms with Gasteiger partial charge in [0.2, 0.25) is 0 Å². The standard InChI is InChI=1S/C8H8O3S.Na/c1-11-8(9)6-3-2-4-7(5-6)12-10;/h2-5,10H,1H3;/q;+1/p-1. The number of hydrogen-bond acceptors (Lipinski definition) is 4. The fraction of sp³-hybridized carbons (Fsp3) is 0.125. The SMILES string of the molecule is COC(=O)c1cccc(S[O-])c1.[Na+]. The third-order valence-corrected chi connectivity index (χ3v) is 1.80. The first kappa shape index (κ1) is 13.0. The normalized spacial score (nSPS) is 8.77. The molecular formula is C8H7NaO3S. The van der Waals surface area contributed by atoms with Crippen LogP contribution in [0.15, 0.2) is 29.2 Å². The van der Waals surface area contributed by atoms with Gasteiger partial charge in [-0.3, -0.25) is 0 Å². The Morgan fingerprint density at radius 1 is 1.54 bits per heavy atom. The number of carbonyl (C=O) groups excluding carboxylic acids is 1. The summed E-state index contributed by atoms with van der Waals surface area (Å²) in [5, 5.41) is 0. The quantitative estimate of drug-likeness (QED) is 0.343. The first-order valence-electron chi connectivity index (χ1n) is 3.26. The van der Waals surface area contributed by atoms with E-state index < -0.39 is 5.97 Å². The minimum atomic E-state index is -0.425. The van der Waals surface area contributed by atoms with Crippen molar-refractivity contribution < 1.29 is 43.6 Å². The summed E-state index contributed by atoms with van der Waals surface area (Å²) in [7, 11) is 1.30. The number of methoxy groups -OCH3 is 1.